The van der Waals surface area contributed by atoms with Gasteiger partial charge in [-0.15, -0.1) is 0 Å². The average Bonchev–Trinajstić information content (AvgIpc) is 2.80. The van der Waals surface area contributed by atoms with Crippen molar-refractivity contribution in [3.8, 4) is 0 Å². The Hall–Kier alpha value is -0.240. The van der Waals surface area contributed by atoms with E-state index in [0.29, 0.717) is 19.3 Å². The van der Waals surface area contributed by atoms with Crippen LogP contribution in [0.3, 0.4) is 0 Å². The minimum atomic E-state index is -0.888. The molecule has 0 aromatic heterocycles. The summed E-state index contributed by atoms with van der Waals surface area (Å²) in [4.78, 5) is 0. The molecule has 0 fully saturated rings. The summed E-state index contributed by atoms with van der Waals surface area (Å²) in [7, 11) is 0. The van der Waals surface area contributed by atoms with E-state index in [9.17, 15) is 15.3 Å². The fourth-order valence-corrected chi connectivity index (χ4v) is 3.79. The predicted octanol–water partition coefficient (Wildman–Crippen LogP) is 6.44. The molecule has 3 N–H and O–H groups in total. The number of ether oxygens (including phenoxy) is 3. The van der Waals surface area contributed by atoms with E-state index >= 15 is 0 Å². The van der Waals surface area contributed by atoms with Gasteiger partial charge in [0.25, 0.3) is 0 Å². The zero-order valence-corrected chi connectivity index (χ0v) is 22.0. The molecule has 6 nitrogen and oxygen atoms in total. The molecule has 0 aromatic carbocycles. The molecular weight excluding hydrogens is 420 g/mol. The van der Waals surface area contributed by atoms with Crippen molar-refractivity contribution in [2.75, 3.05) is 13.2 Å². The fourth-order valence-electron chi connectivity index (χ4n) is 3.79. The van der Waals surface area contributed by atoms with Crippen molar-refractivity contribution in [2.24, 2.45) is 0 Å². The molecule has 0 radical (unpaired) electrons. The summed E-state index contributed by atoms with van der Waals surface area (Å²) in [5.74, 6) is 0. The third-order valence-electron chi connectivity index (χ3n) is 5.96. The van der Waals surface area contributed by atoms with E-state index in [-0.39, 0.29) is 13.2 Å². The predicted molar refractivity (Wildman–Crippen MR) is 135 cm³/mol. The van der Waals surface area contributed by atoms with Crippen LogP contribution in [0, 0.1) is 0 Å². The van der Waals surface area contributed by atoms with Crippen LogP contribution in [0.15, 0.2) is 0 Å². The normalized spacial score (nSPS) is 15.5. The Kier molecular flexibility index (Phi) is 24.7. The molecule has 33 heavy (non-hydrogen) atoms. The third-order valence-corrected chi connectivity index (χ3v) is 5.96. The van der Waals surface area contributed by atoms with Crippen LogP contribution in [0.4, 0.5) is 0 Å². The topological polar surface area (TPSA) is 88.4 Å². The molecule has 0 amide bonds. The van der Waals surface area contributed by atoms with Crippen LogP contribution in [0.1, 0.15) is 136 Å². The lowest BCUT2D eigenvalue weighted by molar-refractivity contribution is -0.212. The first kappa shape index (κ1) is 32.8. The maximum absolute atomic E-state index is 10.3. The number of hydrogen-bond acceptors (Lipinski definition) is 6. The Morgan fingerprint density at radius 2 is 0.788 bits per heavy atom. The number of unbranched alkanes of at least 4 members (excludes halogenated alkanes) is 12. The standard InChI is InChI=1S/C27H56O6/c1-4-7-10-13-16-19-25(28)31-22-24(33-27(30)21-18-15-12-9-6-3)23-32-26(29)20-17-14-11-8-5-2/h24-30H,4-23H2,1-3H3. The zero-order valence-electron chi connectivity index (χ0n) is 22.0. The second kappa shape index (κ2) is 24.9. The second-order valence-corrected chi connectivity index (χ2v) is 9.40. The Morgan fingerprint density at radius 1 is 0.455 bits per heavy atom. The van der Waals surface area contributed by atoms with E-state index in [4.69, 9.17) is 14.2 Å². The molecule has 0 heterocycles. The fraction of sp³-hybridized carbons (Fsp3) is 1.00. The monoisotopic (exact) mass is 476 g/mol. The molecule has 3 unspecified atom stereocenters. The lowest BCUT2D eigenvalue weighted by atomic mass is 10.1. The SMILES string of the molecule is CCCCCCCC(O)OCC(COC(O)CCCCCCC)OC(O)CCCCCCC. The van der Waals surface area contributed by atoms with Gasteiger partial charge >= 0.3 is 0 Å². The quantitative estimate of drug-likeness (QED) is 0.0983. The molecule has 0 saturated carbocycles. The molecule has 0 rings (SSSR count). The van der Waals surface area contributed by atoms with Gasteiger partial charge in [-0.3, -0.25) is 0 Å². The second-order valence-electron chi connectivity index (χ2n) is 9.40. The molecule has 0 aliphatic carbocycles. The summed E-state index contributed by atoms with van der Waals surface area (Å²) in [6.07, 6.45) is 15.5. The Morgan fingerprint density at radius 3 is 1.15 bits per heavy atom. The number of aliphatic hydroxyl groups is 3. The van der Waals surface area contributed by atoms with Crippen LogP contribution in [0.25, 0.3) is 0 Å². The number of aliphatic hydroxyl groups excluding tert-OH is 3. The number of rotatable bonds is 26. The summed E-state index contributed by atoms with van der Waals surface area (Å²) in [5.41, 5.74) is 0. The summed E-state index contributed by atoms with van der Waals surface area (Å²) in [5, 5.41) is 30.6. The van der Waals surface area contributed by atoms with Crippen LogP contribution < -0.4 is 0 Å². The Labute approximate surface area is 204 Å². The summed E-state index contributed by atoms with van der Waals surface area (Å²) in [6.45, 7) is 6.81. The molecule has 0 aromatic rings. The summed E-state index contributed by atoms with van der Waals surface area (Å²) < 4.78 is 16.9. The highest BCUT2D eigenvalue weighted by molar-refractivity contribution is 4.60. The lowest BCUT2D eigenvalue weighted by Crippen LogP contribution is -2.34. The van der Waals surface area contributed by atoms with Gasteiger partial charge in [0.2, 0.25) is 0 Å². The Balaban J connectivity index is 4.32. The van der Waals surface area contributed by atoms with E-state index in [1.807, 2.05) is 0 Å². The van der Waals surface area contributed by atoms with Gasteiger partial charge in [-0.05, 0) is 38.5 Å². The van der Waals surface area contributed by atoms with Gasteiger partial charge in [-0.2, -0.15) is 0 Å². The molecule has 0 bridgehead atoms. The van der Waals surface area contributed by atoms with E-state index in [1.54, 1.807) is 0 Å². The van der Waals surface area contributed by atoms with Gasteiger partial charge in [-0.25, -0.2) is 0 Å². The van der Waals surface area contributed by atoms with Crippen molar-refractivity contribution in [2.45, 2.75) is 161 Å². The van der Waals surface area contributed by atoms with Crippen LogP contribution >= 0.6 is 0 Å². The van der Waals surface area contributed by atoms with E-state index in [2.05, 4.69) is 20.8 Å². The average molecular weight is 477 g/mol. The molecule has 0 aliphatic heterocycles. The first-order chi connectivity index (χ1) is 16.0. The van der Waals surface area contributed by atoms with Crippen LogP contribution in [-0.2, 0) is 14.2 Å². The smallest absolute Gasteiger partial charge is 0.155 e. The van der Waals surface area contributed by atoms with Crippen molar-refractivity contribution < 1.29 is 29.5 Å². The highest BCUT2D eigenvalue weighted by Gasteiger charge is 2.19. The van der Waals surface area contributed by atoms with Gasteiger partial charge in [0.1, 0.15) is 6.10 Å². The van der Waals surface area contributed by atoms with Crippen molar-refractivity contribution >= 4 is 0 Å². The maximum atomic E-state index is 10.3. The summed E-state index contributed by atoms with van der Waals surface area (Å²) in [6, 6.07) is 0. The van der Waals surface area contributed by atoms with E-state index in [1.165, 1.54) is 57.8 Å². The van der Waals surface area contributed by atoms with Gasteiger partial charge < -0.3 is 29.5 Å². The maximum Gasteiger partial charge on any atom is 0.155 e. The first-order valence-corrected chi connectivity index (χ1v) is 14.0. The lowest BCUT2D eigenvalue weighted by Gasteiger charge is -2.24. The molecule has 0 aliphatic rings. The first-order valence-electron chi connectivity index (χ1n) is 14.0. The zero-order chi connectivity index (χ0) is 24.6. The molecular formula is C27H56O6. The van der Waals surface area contributed by atoms with Crippen molar-refractivity contribution in [1.82, 2.24) is 0 Å². The van der Waals surface area contributed by atoms with Crippen molar-refractivity contribution in [3.05, 3.63) is 0 Å². The minimum Gasteiger partial charge on any atom is -0.368 e. The molecule has 0 spiro atoms. The van der Waals surface area contributed by atoms with Crippen molar-refractivity contribution in [3.63, 3.8) is 0 Å². The number of hydrogen-bond donors (Lipinski definition) is 3. The highest BCUT2D eigenvalue weighted by atomic mass is 16.7. The highest BCUT2D eigenvalue weighted by Crippen LogP contribution is 2.14. The Bertz CT molecular complexity index is 358. The van der Waals surface area contributed by atoms with Gasteiger partial charge in [0, 0.05) is 0 Å². The van der Waals surface area contributed by atoms with Crippen molar-refractivity contribution in [1.29, 1.82) is 0 Å². The van der Waals surface area contributed by atoms with Gasteiger partial charge in [-0.1, -0.05) is 97.8 Å². The largest absolute Gasteiger partial charge is 0.368 e. The summed E-state index contributed by atoms with van der Waals surface area (Å²) >= 11 is 0. The molecule has 0 saturated heterocycles. The van der Waals surface area contributed by atoms with E-state index < -0.39 is 25.0 Å². The van der Waals surface area contributed by atoms with E-state index in [0.717, 1.165) is 38.5 Å². The molecule has 6 heteroatoms. The molecule has 200 valence electrons. The third kappa shape index (κ3) is 23.3. The minimum absolute atomic E-state index is 0.131. The van der Waals surface area contributed by atoms with Gasteiger partial charge in [0.05, 0.1) is 13.2 Å². The molecule has 3 atom stereocenters. The van der Waals surface area contributed by atoms with Crippen LogP contribution in [0.2, 0.25) is 0 Å². The van der Waals surface area contributed by atoms with Gasteiger partial charge in [0.15, 0.2) is 18.9 Å². The van der Waals surface area contributed by atoms with Crippen LogP contribution in [0.5, 0.6) is 0 Å². The van der Waals surface area contributed by atoms with Crippen LogP contribution in [-0.4, -0.2) is 53.5 Å².